The molecule has 0 saturated carbocycles. The van der Waals surface area contributed by atoms with E-state index in [2.05, 4.69) is 11.4 Å². The molecule has 108 valence electrons. The van der Waals surface area contributed by atoms with E-state index in [1.807, 2.05) is 49.4 Å². The van der Waals surface area contributed by atoms with E-state index in [1.54, 1.807) is 7.11 Å². The van der Waals surface area contributed by atoms with Gasteiger partial charge in [-0.2, -0.15) is 5.26 Å². The fourth-order valence-electron chi connectivity index (χ4n) is 2.04. The first kappa shape index (κ1) is 14.7. The summed E-state index contributed by atoms with van der Waals surface area (Å²) in [6, 6.07) is 15.5. The number of anilines is 1. The Morgan fingerprint density at radius 2 is 1.95 bits per heavy atom. The molecular weight excluding hydrogens is 264 g/mol. The summed E-state index contributed by atoms with van der Waals surface area (Å²) in [5.41, 5.74) is 2.49. The van der Waals surface area contributed by atoms with E-state index in [0.717, 1.165) is 17.0 Å². The van der Waals surface area contributed by atoms with Crippen molar-refractivity contribution in [1.82, 2.24) is 0 Å². The molecule has 0 fully saturated rings. The van der Waals surface area contributed by atoms with Crippen molar-refractivity contribution in [3.63, 3.8) is 0 Å². The van der Waals surface area contributed by atoms with E-state index in [-0.39, 0.29) is 0 Å². The van der Waals surface area contributed by atoms with Crippen LogP contribution >= 0.6 is 0 Å². The summed E-state index contributed by atoms with van der Waals surface area (Å²) in [6.45, 7) is 3.20. The molecule has 0 aliphatic heterocycles. The Bertz CT molecular complexity index is 647. The second-order valence-electron chi connectivity index (χ2n) is 4.43. The predicted octanol–water partition coefficient (Wildman–Crippen LogP) is 3.58. The summed E-state index contributed by atoms with van der Waals surface area (Å²) in [5, 5.41) is 12.4. The monoisotopic (exact) mass is 282 g/mol. The molecule has 0 saturated heterocycles. The lowest BCUT2D eigenvalue weighted by atomic mass is 10.1. The lowest BCUT2D eigenvalue weighted by molar-refractivity contribution is 0.341. The van der Waals surface area contributed by atoms with Gasteiger partial charge in [0.25, 0.3) is 0 Å². The second-order valence-corrected chi connectivity index (χ2v) is 4.43. The Morgan fingerprint density at radius 3 is 2.67 bits per heavy atom. The number of nitrogens with zero attached hydrogens (tertiary/aromatic N) is 1. The van der Waals surface area contributed by atoms with E-state index >= 15 is 0 Å². The highest BCUT2D eigenvalue weighted by Crippen LogP contribution is 2.25. The van der Waals surface area contributed by atoms with Crippen LogP contribution in [0.1, 0.15) is 18.1 Å². The fourth-order valence-corrected chi connectivity index (χ4v) is 2.04. The van der Waals surface area contributed by atoms with E-state index in [4.69, 9.17) is 14.7 Å². The molecule has 0 spiro atoms. The maximum absolute atomic E-state index is 9.10. The maximum Gasteiger partial charge on any atom is 0.142 e. The predicted molar refractivity (Wildman–Crippen MR) is 82.6 cm³/mol. The third kappa shape index (κ3) is 3.67. The van der Waals surface area contributed by atoms with Gasteiger partial charge in [-0.3, -0.25) is 0 Å². The molecule has 0 aliphatic rings. The van der Waals surface area contributed by atoms with Gasteiger partial charge in [0.05, 0.1) is 25.0 Å². The molecule has 4 heteroatoms. The van der Waals surface area contributed by atoms with Crippen molar-refractivity contribution in [2.24, 2.45) is 0 Å². The van der Waals surface area contributed by atoms with Gasteiger partial charge in [-0.05, 0) is 36.8 Å². The van der Waals surface area contributed by atoms with Gasteiger partial charge in [0.1, 0.15) is 17.6 Å². The number of methoxy groups -OCH3 is 1. The molecule has 0 unspecified atom stereocenters. The lowest BCUT2D eigenvalue weighted by Crippen LogP contribution is -2.03. The quantitative estimate of drug-likeness (QED) is 0.880. The molecule has 2 rings (SSSR count). The molecular formula is C17H18N2O2. The van der Waals surface area contributed by atoms with Crippen LogP contribution in [-0.4, -0.2) is 13.7 Å². The standard InChI is InChI=1S/C17H18N2O2/c1-3-21-17-7-5-4-6-15(17)19-12-13-8-9-16(20-2)14(10-13)11-18/h4-10,19H,3,12H2,1-2H3. The van der Waals surface area contributed by atoms with Crippen LogP contribution in [0.4, 0.5) is 5.69 Å². The van der Waals surface area contributed by atoms with Gasteiger partial charge in [0.15, 0.2) is 0 Å². The molecule has 0 aromatic heterocycles. The Labute approximate surface area is 124 Å². The first-order valence-electron chi connectivity index (χ1n) is 6.81. The first-order valence-corrected chi connectivity index (χ1v) is 6.81. The topological polar surface area (TPSA) is 54.3 Å². The van der Waals surface area contributed by atoms with Crippen molar-refractivity contribution in [2.45, 2.75) is 13.5 Å². The minimum Gasteiger partial charge on any atom is -0.495 e. The zero-order valence-corrected chi connectivity index (χ0v) is 12.2. The Kier molecular flexibility index (Phi) is 5.05. The molecule has 0 heterocycles. The van der Waals surface area contributed by atoms with Crippen molar-refractivity contribution in [1.29, 1.82) is 5.26 Å². The van der Waals surface area contributed by atoms with Gasteiger partial charge < -0.3 is 14.8 Å². The molecule has 2 aromatic carbocycles. The van der Waals surface area contributed by atoms with Crippen molar-refractivity contribution in [2.75, 3.05) is 19.0 Å². The number of hydrogen-bond acceptors (Lipinski definition) is 4. The molecule has 0 atom stereocenters. The van der Waals surface area contributed by atoms with Crippen molar-refractivity contribution < 1.29 is 9.47 Å². The second kappa shape index (κ2) is 7.20. The van der Waals surface area contributed by atoms with Crippen LogP contribution in [0.5, 0.6) is 11.5 Å². The number of rotatable bonds is 6. The average Bonchev–Trinajstić information content (AvgIpc) is 2.54. The van der Waals surface area contributed by atoms with Gasteiger partial charge in [-0.15, -0.1) is 0 Å². The normalized spacial score (nSPS) is 9.76. The molecule has 0 radical (unpaired) electrons. The van der Waals surface area contributed by atoms with E-state index in [9.17, 15) is 0 Å². The fraction of sp³-hybridized carbons (Fsp3) is 0.235. The largest absolute Gasteiger partial charge is 0.495 e. The number of para-hydroxylation sites is 2. The molecule has 1 N–H and O–H groups in total. The van der Waals surface area contributed by atoms with Crippen LogP contribution in [0, 0.1) is 11.3 Å². The number of ether oxygens (including phenoxy) is 2. The Morgan fingerprint density at radius 1 is 1.14 bits per heavy atom. The third-order valence-electron chi connectivity index (χ3n) is 3.05. The zero-order chi connectivity index (χ0) is 15.1. The molecule has 4 nitrogen and oxygen atoms in total. The van der Waals surface area contributed by atoms with Gasteiger partial charge in [-0.1, -0.05) is 18.2 Å². The summed E-state index contributed by atoms with van der Waals surface area (Å²) < 4.78 is 10.7. The van der Waals surface area contributed by atoms with E-state index < -0.39 is 0 Å². The van der Waals surface area contributed by atoms with Crippen molar-refractivity contribution >= 4 is 5.69 Å². The van der Waals surface area contributed by atoms with Crippen LogP contribution < -0.4 is 14.8 Å². The molecule has 0 bridgehead atoms. The number of nitrogens with one attached hydrogen (secondary N) is 1. The lowest BCUT2D eigenvalue weighted by Gasteiger charge is -2.12. The van der Waals surface area contributed by atoms with Gasteiger partial charge in [0.2, 0.25) is 0 Å². The number of hydrogen-bond donors (Lipinski definition) is 1. The van der Waals surface area contributed by atoms with Crippen molar-refractivity contribution in [3.05, 3.63) is 53.6 Å². The Balaban J connectivity index is 2.12. The van der Waals surface area contributed by atoms with Crippen LogP contribution in [-0.2, 0) is 6.54 Å². The average molecular weight is 282 g/mol. The first-order chi connectivity index (χ1) is 10.3. The minimum atomic E-state index is 0.537. The highest BCUT2D eigenvalue weighted by Gasteiger charge is 2.05. The summed E-state index contributed by atoms with van der Waals surface area (Å²) in [5.74, 6) is 1.42. The van der Waals surface area contributed by atoms with Gasteiger partial charge >= 0.3 is 0 Å². The molecule has 21 heavy (non-hydrogen) atoms. The maximum atomic E-state index is 9.10. The zero-order valence-electron chi connectivity index (χ0n) is 12.2. The summed E-state index contributed by atoms with van der Waals surface area (Å²) in [7, 11) is 1.56. The molecule has 0 amide bonds. The highest BCUT2D eigenvalue weighted by atomic mass is 16.5. The summed E-state index contributed by atoms with van der Waals surface area (Å²) >= 11 is 0. The van der Waals surface area contributed by atoms with E-state index in [0.29, 0.717) is 24.5 Å². The van der Waals surface area contributed by atoms with Gasteiger partial charge in [-0.25, -0.2) is 0 Å². The van der Waals surface area contributed by atoms with Crippen LogP contribution in [0.25, 0.3) is 0 Å². The molecule has 0 aliphatic carbocycles. The Hall–Kier alpha value is -2.67. The summed E-state index contributed by atoms with van der Waals surface area (Å²) in [6.07, 6.45) is 0. The summed E-state index contributed by atoms with van der Waals surface area (Å²) in [4.78, 5) is 0. The van der Waals surface area contributed by atoms with Crippen LogP contribution in [0.3, 0.4) is 0 Å². The minimum absolute atomic E-state index is 0.537. The smallest absolute Gasteiger partial charge is 0.142 e. The van der Waals surface area contributed by atoms with Gasteiger partial charge in [0, 0.05) is 6.54 Å². The van der Waals surface area contributed by atoms with Crippen molar-refractivity contribution in [3.8, 4) is 17.6 Å². The number of nitriles is 1. The van der Waals surface area contributed by atoms with Crippen LogP contribution in [0.2, 0.25) is 0 Å². The molecule has 2 aromatic rings. The highest BCUT2D eigenvalue weighted by molar-refractivity contribution is 5.56. The number of benzene rings is 2. The van der Waals surface area contributed by atoms with Crippen LogP contribution in [0.15, 0.2) is 42.5 Å². The third-order valence-corrected chi connectivity index (χ3v) is 3.05. The van der Waals surface area contributed by atoms with E-state index in [1.165, 1.54) is 0 Å². The SMILES string of the molecule is CCOc1ccccc1NCc1ccc(OC)c(C#N)c1.